The van der Waals surface area contributed by atoms with Crippen LogP contribution in [0.25, 0.3) is 0 Å². The highest BCUT2D eigenvalue weighted by Gasteiger charge is 2.35. The van der Waals surface area contributed by atoms with Gasteiger partial charge in [0.1, 0.15) is 12.6 Å². The summed E-state index contributed by atoms with van der Waals surface area (Å²) in [6.45, 7) is 10.9. The molecule has 0 spiro atoms. The van der Waals surface area contributed by atoms with Crippen molar-refractivity contribution >= 4 is 39.1 Å². The second-order valence-electron chi connectivity index (χ2n) is 10.9. The van der Waals surface area contributed by atoms with Crippen LogP contribution in [0.15, 0.2) is 77.7 Å². The summed E-state index contributed by atoms with van der Waals surface area (Å²) in [5.41, 5.74) is 2.39. The van der Waals surface area contributed by atoms with E-state index in [-0.39, 0.29) is 28.1 Å². The molecule has 40 heavy (non-hydrogen) atoms. The number of carbonyl (C=O) groups is 2. The minimum absolute atomic E-state index is 0.0359. The van der Waals surface area contributed by atoms with Crippen molar-refractivity contribution in [3.8, 4) is 0 Å². The fourth-order valence-electron chi connectivity index (χ4n) is 4.35. The number of sulfonamides is 1. The first kappa shape index (κ1) is 31.2. The van der Waals surface area contributed by atoms with E-state index in [1.807, 2.05) is 65.8 Å². The van der Waals surface area contributed by atoms with E-state index in [4.69, 9.17) is 11.6 Å². The average Bonchev–Trinajstić information content (AvgIpc) is 2.88. The van der Waals surface area contributed by atoms with E-state index in [0.717, 1.165) is 21.0 Å². The number of benzene rings is 3. The predicted octanol–water partition coefficient (Wildman–Crippen LogP) is 5.87. The number of rotatable bonds is 10. The number of aryl methyl sites for hydroxylation is 2. The number of halogens is 1. The molecule has 3 aromatic rings. The first-order valence-corrected chi connectivity index (χ1v) is 15.1. The van der Waals surface area contributed by atoms with Crippen molar-refractivity contribution < 1.29 is 18.0 Å². The summed E-state index contributed by atoms with van der Waals surface area (Å²) < 4.78 is 28.9. The third kappa shape index (κ3) is 7.64. The van der Waals surface area contributed by atoms with E-state index in [1.54, 1.807) is 36.4 Å². The first-order valence-electron chi connectivity index (χ1n) is 13.2. The molecule has 1 N–H and O–H groups in total. The van der Waals surface area contributed by atoms with Gasteiger partial charge in [0.2, 0.25) is 11.8 Å². The van der Waals surface area contributed by atoms with Crippen molar-refractivity contribution in [3.63, 3.8) is 0 Å². The Balaban J connectivity index is 2.10. The first-order chi connectivity index (χ1) is 18.7. The van der Waals surface area contributed by atoms with Crippen LogP contribution in [0.4, 0.5) is 5.69 Å². The Kier molecular flexibility index (Phi) is 10.0. The Labute approximate surface area is 243 Å². The highest BCUT2D eigenvalue weighted by molar-refractivity contribution is 7.92. The van der Waals surface area contributed by atoms with E-state index >= 15 is 0 Å². The molecule has 7 nitrogen and oxygen atoms in total. The standard InChI is InChI=1S/C31H38ClN3O4S/c1-7-27(30(37)33-31(4,5)6)34(20-24-13-9-8-12-23(24)3)29(36)21-35(28-15-11-10-14-26(28)32)40(38,39)25-18-16-22(2)17-19-25/h8-19,27H,7,20-21H2,1-6H3,(H,33,37). The fraction of sp³-hybridized carbons (Fsp3) is 0.355. The van der Waals surface area contributed by atoms with Gasteiger partial charge >= 0.3 is 0 Å². The zero-order valence-corrected chi connectivity index (χ0v) is 25.5. The van der Waals surface area contributed by atoms with Crippen LogP contribution in [0, 0.1) is 13.8 Å². The van der Waals surface area contributed by atoms with Crippen LogP contribution in [-0.4, -0.2) is 43.3 Å². The molecule has 0 aliphatic carbocycles. The molecular formula is C31H38ClN3O4S. The molecule has 0 fully saturated rings. The summed E-state index contributed by atoms with van der Waals surface area (Å²) in [6.07, 6.45) is 0.344. The van der Waals surface area contributed by atoms with Crippen molar-refractivity contribution in [2.75, 3.05) is 10.8 Å². The highest BCUT2D eigenvalue weighted by atomic mass is 35.5. The Morgan fingerprint density at radius 3 is 2.10 bits per heavy atom. The normalized spacial score (nSPS) is 12.5. The molecule has 3 rings (SSSR count). The van der Waals surface area contributed by atoms with Gasteiger partial charge in [-0.1, -0.05) is 72.6 Å². The SMILES string of the molecule is CCC(C(=O)NC(C)(C)C)N(Cc1ccccc1C)C(=O)CN(c1ccccc1Cl)S(=O)(=O)c1ccc(C)cc1. The number of nitrogens with one attached hydrogen (secondary N) is 1. The summed E-state index contributed by atoms with van der Waals surface area (Å²) in [5, 5.41) is 3.16. The third-order valence-electron chi connectivity index (χ3n) is 6.50. The molecule has 3 aromatic carbocycles. The maximum Gasteiger partial charge on any atom is 0.264 e. The number of para-hydroxylation sites is 1. The van der Waals surface area contributed by atoms with Crippen LogP contribution in [-0.2, 0) is 26.2 Å². The molecule has 0 bridgehead atoms. The minimum Gasteiger partial charge on any atom is -0.350 e. The van der Waals surface area contributed by atoms with E-state index < -0.39 is 34.1 Å². The summed E-state index contributed by atoms with van der Waals surface area (Å²) in [6, 6.07) is 19.7. The Morgan fingerprint density at radius 1 is 0.925 bits per heavy atom. The molecular weight excluding hydrogens is 546 g/mol. The van der Waals surface area contributed by atoms with Gasteiger partial charge in [-0.3, -0.25) is 13.9 Å². The molecule has 0 aliphatic heterocycles. The van der Waals surface area contributed by atoms with Crippen molar-refractivity contribution in [3.05, 3.63) is 94.5 Å². The van der Waals surface area contributed by atoms with Crippen molar-refractivity contribution in [1.82, 2.24) is 10.2 Å². The van der Waals surface area contributed by atoms with Gasteiger partial charge in [0.05, 0.1) is 15.6 Å². The van der Waals surface area contributed by atoms with Crippen molar-refractivity contribution in [2.45, 2.75) is 71.0 Å². The lowest BCUT2D eigenvalue weighted by Gasteiger charge is -2.35. The van der Waals surface area contributed by atoms with E-state index in [1.165, 1.54) is 17.0 Å². The number of carbonyl (C=O) groups excluding carboxylic acids is 2. The van der Waals surface area contributed by atoms with Gasteiger partial charge in [-0.25, -0.2) is 8.42 Å². The van der Waals surface area contributed by atoms with Crippen LogP contribution < -0.4 is 9.62 Å². The van der Waals surface area contributed by atoms with Crippen LogP contribution in [0.3, 0.4) is 0 Å². The van der Waals surface area contributed by atoms with Gasteiger partial charge in [-0.05, 0) is 76.4 Å². The van der Waals surface area contributed by atoms with E-state index in [9.17, 15) is 18.0 Å². The van der Waals surface area contributed by atoms with Crippen molar-refractivity contribution in [2.24, 2.45) is 0 Å². The molecule has 0 heterocycles. The maximum atomic E-state index is 14.2. The number of hydrogen-bond acceptors (Lipinski definition) is 4. The van der Waals surface area contributed by atoms with Crippen LogP contribution in [0.2, 0.25) is 5.02 Å². The summed E-state index contributed by atoms with van der Waals surface area (Å²) >= 11 is 6.47. The Hall–Kier alpha value is -3.36. The largest absolute Gasteiger partial charge is 0.350 e. The molecule has 9 heteroatoms. The number of anilines is 1. The monoisotopic (exact) mass is 583 g/mol. The second-order valence-corrected chi connectivity index (χ2v) is 13.2. The van der Waals surface area contributed by atoms with Crippen LogP contribution >= 0.6 is 11.6 Å². The number of amides is 2. The summed E-state index contributed by atoms with van der Waals surface area (Å²) in [4.78, 5) is 29.1. The quantitative estimate of drug-likeness (QED) is 0.323. The minimum atomic E-state index is -4.18. The smallest absolute Gasteiger partial charge is 0.264 e. The molecule has 0 aliphatic rings. The molecule has 0 saturated heterocycles. The van der Waals surface area contributed by atoms with Gasteiger partial charge < -0.3 is 10.2 Å². The molecule has 1 unspecified atom stereocenters. The van der Waals surface area contributed by atoms with E-state index in [2.05, 4.69) is 5.32 Å². The Morgan fingerprint density at radius 2 is 1.52 bits per heavy atom. The van der Waals surface area contributed by atoms with E-state index in [0.29, 0.717) is 6.42 Å². The molecule has 0 saturated carbocycles. The highest BCUT2D eigenvalue weighted by Crippen LogP contribution is 2.31. The summed E-state index contributed by atoms with van der Waals surface area (Å²) in [7, 11) is -4.18. The number of hydrogen-bond donors (Lipinski definition) is 1. The third-order valence-corrected chi connectivity index (χ3v) is 8.59. The fourth-order valence-corrected chi connectivity index (χ4v) is 6.07. The molecule has 214 valence electrons. The Bertz CT molecular complexity index is 1450. The number of nitrogens with zero attached hydrogens (tertiary/aromatic N) is 2. The van der Waals surface area contributed by atoms with Gasteiger partial charge in [0.25, 0.3) is 10.0 Å². The maximum absolute atomic E-state index is 14.2. The molecule has 1 atom stereocenters. The lowest BCUT2D eigenvalue weighted by atomic mass is 10.0. The average molecular weight is 584 g/mol. The van der Waals surface area contributed by atoms with Crippen molar-refractivity contribution in [1.29, 1.82) is 0 Å². The lowest BCUT2D eigenvalue weighted by molar-refractivity contribution is -0.141. The van der Waals surface area contributed by atoms with Crippen LogP contribution in [0.5, 0.6) is 0 Å². The molecule has 2 amide bonds. The van der Waals surface area contributed by atoms with Crippen LogP contribution in [0.1, 0.15) is 50.8 Å². The zero-order chi connectivity index (χ0) is 29.7. The van der Waals surface area contributed by atoms with Gasteiger partial charge in [-0.2, -0.15) is 0 Å². The van der Waals surface area contributed by atoms with Gasteiger partial charge in [0, 0.05) is 12.1 Å². The topological polar surface area (TPSA) is 86.8 Å². The molecule has 0 aromatic heterocycles. The van der Waals surface area contributed by atoms with Gasteiger partial charge in [-0.15, -0.1) is 0 Å². The second kappa shape index (κ2) is 12.9. The summed E-state index contributed by atoms with van der Waals surface area (Å²) in [5.74, 6) is -0.822. The predicted molar refractivity (Wildman–Crippen MR) is 161 cm³/mol. The van der Waals surface area contributed by atoms with Gasteiger partial charge in [0.15, 0.2) is 0 Å². The molecule has 0 radical (unpaired) electrons. The zero-order valence-electron chi connectivity index (χ0n) is 23.9. The lowest BCUT2D eigenvalue weighted by Crippen LogP contribution is -2.55.